The van der Waals surface area contributed by atoms with E-state index in [1.54, 1.807) is 6.07 Å². The first-order valence-corrected chi connectivity index (χ1v) is 30.9. The first kappa shape index (κ1) is 66.6. The number of unbranched alkanes of at least 4 members (excludes halogenated alkanes) is 11. The van der Waals surface area contributed by atoms with Crippen molar-refractivity contribution in [3.63, 3.8) is 0 Å². The fourth-order valence-electron chi connectivity index (χ4n) is 10.5. The minimum absolute atomic E-state index is 0.0131. The molecule has 0 saturated heterocycles. The van der Waals surface area contributed by atoms with Crippen molar-refractivity contribution in [3.8, 4) is 11.1 Å². The maximum atomic E-state index is 14.7. The molecule has 0 aromatic heterocycles. The molecule has 0 radical (unpaired) electrons. The number of esters is 2. The maximum absolute atomic E-state index is 14.7. The summed E-state index contributed by atoms with van der Waals surface area (Å²) < 4.78 is 34.8. The second-order valence-corrected chi connectivity index (χ2v) is 22.9. The number of hydrogen-bond donors (Lipinski definition) is 3. The van der Waals surface area contributed by atoms with E-state index in [0.717, 1.165) is 44.9 Å². The molecule has 3 amide bonds. The van der Waals surface area contributed by atoms with Crippen LogP contribution in [-0.4, -0.2) is 101 Å². The van der Waals surface area contributed by atoms with Gasteiger partial charge in [0.25, 0.3) is 0 Å². The summed E-state index contributed by atoms with van der Waals surface area (Å²) in [5.74, 6) is -1.34. The first-order valence-electron chi connectivity index (χ1n) is 30.5. The van der Waals surface area contributed by atoms with Crippen molar-refractivity contribution < 1.29 is 52.4 Å². The number of ether oxygens (including phenoxy) is 6. The minimum atomic E-state index is -1.48. The summed E-state index contributed by atoms with van der Waals surface area (Å²) in [6.45, 7) is 9.20. The highest BCUT2D eigenvalue weighted by molar-refractivity contribution is 6.31. The molecule has 14 nitrogen and oxygen atoms in total. The fraction of sp³-hybridized carbons (Fsp3) is 0.493. The van der Waals surface area contributed by atoms with Gasteiger partial charge in [0, 0.05) is 73.2 Å². The van der Waals surface area contributed by atoms with Crippen LogP contribution in [0, 0.1) is 0 Å². The molecule has 15 heteroatoms. The highest BCUT2D eigenvalue weighted by atomic mass is 35.5. The Bertz CT molecular complexity index is 2670. The van der Waals surface area contributed by atoms with E-state index in [-0.39, 0.29) is 49.6 Å². The lowest BCUT2D eigenvalue weighted by Gasteiger charge is -2.37. The second-order valence-electron chi connectivity index (χ2n) is 22.4. The number of carbonyl (C=O) groups is 5. The van der Waals surface area contributed by atoms with Gasteiger partial charge in [0.05, 0.1) is 26.4 Å². The lowest BCUT2D eigenvalue weighted by molar-refractivity contribution is -0.158. The number of rotatable bonds is 40. The summed E-state index contributed by atoms with van der Waals surface area (Å²) >= 11 is 6.94. The van der Waals surface area contributed by atoms with Gasteiger partial charge in [-0.2, -0.15) is 0 Å². The zero-order valence-electron chi connectivity index (χ0n) is 49.8. The number of nitrogens with one attached hydrogen (secondary N) is 3. The number of halogens is 1. The molecule has 1 aliphatic rings. The molecule has 0 heterocycles. The van der Waals surface area contributed by atoms with Crippen LogP contribution in [0.2, 0.25) is 5.02 Å². The van der Waals surface area contributed by atoms with E-state index < -0.39 is 29.3 Å². The molecule has 0 bridgehead atoms. The van der Waals surface area contributed by atoms with E-state index in [0.29, 0.717) is 100 Å². The van der Waals surface area contributed by atoms with E-state index in [2.05, 4.69) is 40.2 Å². The van der Waals surface area contributed by atoms with Crippen LogP contribution in [-0.2, 0) is 53.2 Å². The first-order chi connectivity index (χ1) is 40.9. The molecule has 3 N–H and O–H groups in total. The third kappa shape index (κ3) is 22.8. The predicted octanol–water partition coefficient (Wildman–Crippen LogP) is 13.7. The monoisotopic (exact) mass is 1170 g/mol. The third-order valence-electron chi connectivity index (χ3n) is 14.7. The Morgan fingerprint density at radius 2 is 0.952 bits per heavy atom. The van der Waals surface area contributed by atoms with Crippen LogP contribution >= 0.6 is 11.6 Å². The number of hydrogen-bond acceptors (Lipinski definition) is 11. The van der Waals surface area contributed by atoms with Crippen LogP contribution in [0.25, 0.3) is 11.1 Å². The molecule has 0 aliphatic heterocycles. The topological polar surface area (TPSA) is 177 Å². The Morgan fingerprint density at radius 1 is 0.488 bits per heavy atom. The molecule has 0 saturated carbocycles. The highest BCUT2D eigenvalue weighted by Crippen LogP contribution is 2.45. The van der Waals surface area contributed by atoms with Gasteiger partial charge in [0.2, 0.25) is 11.8 Å². The van der Waals surface area contributed by atoms with Crippen molar-refractivity contribution in [2.45, 2.75) is 160 Å². The molecule has 0 spiro atoms. The number of carbonyl (C=O) groups excluding carboxylic acids is 5. The largest absolute Gasteiger partial charge is 0.460 e. The summed E-state index contributed by atoms with van der Waals surface area (Å²) in [5.41, 5.74) is 4.70. The Morgan fingerprint density at radius 3 is 1.49 bits per heavy atom. The molecule has 0 unspecified atom stereocenters. The summed E-state index contributed by atoms with van der Waals surface area (Å²) in [6, 6.07) is 41.4. The maximum Gasteiger partial charge on any atom is 0.407 e. The minimum Gasteiger partial charge on any atom is -0.460 e. The fourth-order valence-corrected chi connectivity index (χ4v) is 10.8. The quantitative estimate of drug-likeness (QED) is 0.0147. The summed E-state index contributed by atoms with van der Waals surface area (Å²) in [6.07, 6.45) is 14.1. The third-order valence-corrected chi connectivity index (χ3v) is 15.0. The molecule has 5 aromatic carbocycles. The van der Waals surface area contributed by atoms with Crippen LogP contribution in [0.3, 0.4) is 0 Å². The molecule has 0 fully saturated rings. The molecular weight excluding hydrogens is 1080 g/mol. The average Bonchev–Trinajstić information content (AvgIpc) is 3.31. The summed E-state index contributed by atoms with van der Waals surface area (Å²) in [7, 11) is 0. The molecule has 1 atom stereocenters. The zero-order chi connectivity index (χ0) is 59.7. The van der Waals surface area contributed by atoms with Crippen LogP contribution in [0.5, 0.6) is 0 Å². The van der Waals surface area contributed by atoms with Crippen LogP contribution in [0.4, 0.5) is 4.79 Å². The van der Waals surface area contributed by atoms with Crippen molar-refractivity contribution in [1.29, 1.82) is 0 Å². The SMILES string of the molecule is CC(C)(C)OC(=O)CCCCCCCCCCCCCCC(=O)N[C@@H](CCC(=O)NCCCOCCOCCOCCCNC(=O)OCC1c2ccccc2-c2ccccc21)C(=O)OC(c1ccccc1)(c1ccccc1)c1ccccc1Cl. The van der Waals surface area contributed by atoms with Gasteiger partial charge < -0.3 is 44.4 Å². The summed E-state index contributed by atoms with van der Waals surface area (Å²) in [4.78, 5) is 66.1. The van der Waals surface area contributed by atoms with Crippen molar-refractivity contribution in [2.24, 2.45) is 0 Å². The Hall–Kier alpha value is -6.58. The molecule has 454 valence electrons. The molecule has 5 aromatic rings. The molecule has 6 rings (SSSR count). The zero-order valence-corrected chi connectivity index (χ0v) is 50.6. The van der Waals surface area contributed by atoms with Gasteiger partial charge >= 0.3 is 18.0 Å². The smallest absolute Gasteiger partial charge is 0.407 e. The summed E-state index contributed by atoms with van der Waals surface area (Å²) in [5, 5.41) is 9.09. The van der Waals surface area contributed by atoms with Gasteiger partial charge in [0.15, 0.2) is 5.60 Å². The van der Waals surface area contributed by atoms with E-state index in [1.165, 1.54) is 47.9 Å². The molecule has 1 aliphatic carbocycles. The predicted molar refractivity (Wildman–Crippen MR) is 330 cm³/mol. The van der Waals surface area contributed by atoms with Gasteiger partial charge in [0.1, 0.15) is 18.2 Å². The highest BCUT2D eigenvalue weighted by Gasteiger charge is 2.43. The lowest BCUT2D eigenvalue weighted by Crippen LogP contribution is -2.46. The van der Waals surface area contributed by atoms with Crippen molar-refractivity contribution in [2.75, 3.05) is 59.3 Å². The standard InChI is InChI=1S/C69H90ClN3O11/c1-68(2,3)83-65(76)41-21-13-11-9-7-5-4-6-8-10-12-20-40-64(75)73-62(66(77)84-69(53-30-16-14-17-31-53,54-32-18-15-19-33-54)60-38-26-27-39-61(60)70)42-43-63(74)71-44-28-46-79-48-50-81-51-49-80-47-29-45-72-67(78)82-52-59-57-36-24-22-34-55(57)56-35-23-25-37-58(56)59/h14-19,22-27,30-39,59,62H,4-13,20-21,28-29,40-52H2,1-3H3,(H,71,74)(H,72,78)(H,73,75)/t62-/m0/s1. The van der Waals surface area contributed by atoms with Crippen molar-refractivity contribution in [1.82, 2.24) is 16.0 Å². The van der Waals surface area contributed by atoms with Crippen molar-refractivity contribution >= 4 is 41.4 Å². The molecule has 84 heavy (non-hydrogen) atoms. The lowest BCUT2D eigenvalue weighted by atomic mass is 9.80. The van der Waals surface area contributed by atoms with Crippen LogP contribution in [0.1, 0.15) is 170 Å². The number of fused-ring (bicyclic) bond motifs is 3. The van der Waals surface area contributed by atoms with Crippen LogP contribution in [0.15, 0.2) is 133 Å². The van der Waals surface area contributed by atoms with E-state index in [1.807, 2.05) is 124 Å². The van der Waals surface area contributed by atoms with Gasteiger partial charge in [-0.25, -0.2) is 9.59 Å². The Kier molecular flexibility index (Phi) is 29.3. The Labute approximate surface area is 503 Å². The number of benzene rings is 5. The van der Waals surface area contributed by atoms with E-state index in [9.17, 15) is 24.0 Å². The van der Waals surface area contributed by atoms with Gasteiger partial charge in [-0.15, -0.1) is 0 Å². The number of amides is 3. The average molecular weight is 1170 g/mol. The van der Waals surface area contributed by atoms with E-state index >= 15 is 0 Å². The van der Waals surface area contributed by atoms with Gasteiger partial charge in [-0.1, -0.05) is 203 Å². The molecular formula is C69H90ClN3O11. The van der Waals surface area contributed by atoms with Gasteiger partial charge in [-0.3, -0.25) is 14.4 Å². The van der Waals surface area contributed by atoms with Crippen molar-refractivity contribution in [3.05, 3.63) is 166 Å². The van der Waals surface area contributed by atoms with Gasteiger partial charge in [-0.05, 0) is 81.2 Å². The van der Waals surface area contributed by atoms with Crippen LogP contribution < -0.4 is 16.0 Å². The second kappa shape index (κ2) is 37.0. The Balaban J connectivity index is 0.862. The van der Waals surface area contributed by atoms with E-state index in [4.69, 9.17) is 40.0 Å². The number of alkyl carbamates (subject to hydrolysis) is 1. The normalized spacial score (nSPS) is 12.4.